The Morgan fingerprint density at radius 3 is 2.46 bits per heavy atom. The van der Waals surface area contributed by atoms with E-state index in [4.69, 9.17) is 0 Å². The average molecular weight is 413 g/mol. The maximum atomic E-state index is 12.9. The first kappa shape index (κ1) is 20.3. The topological polar surface area (TPSA) is 79.4 Å². The van der Waals surface area contributed by atoms with Gasteiger partial charge in [-0.2, -0.15) is 17.5 Å². The van der Waals surface area contributed by atoms with Gasteiger partial charge in [0.1, 0.15) is 0 Å². The van der Waals surface area contributed by atoms with Crippen LogP contribution >= 0.6 is 0 Å². The van der Waals surface area contributed by atoms with Gasteiger partial charge in [-0.1, -0.05) is 6.07 Å². The quantitative estimate of drug-likeness (QED) is 0.835. The van der Waals surface area contributed by atoms with Crippen LogP contribution in [0.15, 0.2) is 53.7 Å². The van der Waals surface area contributed by atoms with E-state index in [1.807, 2.05) is 0 Å². The van der Waals surface area contributed by atoms with Crippen LogP contribution in [0.4, 0.5) is 18.9 Å². The lowest BCUT2D eigenvalue weighted by Crippen LogP contribution is -2.41. The van der Waals surface area contributed by atoms with Crippen LogP contribution < -0.4 is 5.32 Å². The molecule has 10 heteroatoms. The Hall–Kier alpha value is -2.46. The molecule has 28 heavy (non-hydrogen) atoms. The van der Waals surface area contributed by atoms with Crippen LogP contribution in [0.1, 0.15) is 18.4 Å². The molecule has 1 N–H and O–H groups in total. The molecule has 150 valence electrons. The number of amides is 1. The number of aromatic nitrogens is 1. The van der Waals surface area contributed by atoms with E-state index in [-0.39, 0.29) is 37.8 Å². The van der Waals surface area contributed by atoms with Crippen molar-refractivity contribution in [3.8, 4) is 0 Å². The third-order valence-corrected chi connectivity index (χ3v) is 6.45. The number of carbonyl (C=O) groups excluding carboxylic acids is 1. The Bertz CT molecular complexity index is 941. The third kappa shape index (κ3) is 4.50. The van der Waals surface area contributed by atoms with Gasteiger partial charge < -0.3 is 5.32 Å². The number of benzene rings is 1. The number of anilines is 1. The van der Waals surface area contributed by atoms with Crippen molar-refractivity contribution in [3.05, 3.63) is 54.4 Å². The lowest BCUT2D eigenvalue weighted by molar-refractivity contribution is -0.137. The van der Waals surface area contributed by atoms with Gasteiger partial charge in [-0.05, 0) is 43.2 Å². The number of hydrogen-bond donors (Lipinski definition) is 1. The van der Waals surface area contributed by atoms with Crippen LogP contribution in [0.25, 0.3) is 0 Å². The average Bonchev–Trinajstić information content (AvgIpc) is 2.68. The van der Waals surface area contributed by atoms with Gasteiger partial charge in [0.25, 0.3) is 0 Å². The number of halogens is 3. The summed E-state index contributed by atoms with van der Waals surface area (Å²) in [6.07, 6.45) is -0.977. The Morgan fingerprint density at radius 1 is 1.14 bits per heavy atom. The van der Waals surface area contributed by atoms with E-state index in [1.54, 1.807) is 18.3 Å². The number of pyridine rings is 1. The van der Waals surface area contributed by atoms with Crippen molar-refractivity contribution in [2.24, 2.45) is 5.92 Å². The molecule has 1 aromatic carbocycles. The second kappa shape index (κ2) is 7.88. The van der Waals surface area contributed by atoms with Crippen LogP contribution in [0.5, 0.6) is 0 Å². The van der Waals surface area contributed by atoms with E-state index in [0.29, 0.717) is 11.8 Å². The maximum Gasteiger partial charge on any atom is 0.416 e. The molecule has 1 saturated heterocycles. The SMILES string of the molecule is O=C(Nc1cccnc1)C1CCN(S(=O)(=O)c2cccc(C(F)(F)F)c2)CC1. The summed E-state index contributed by atoms with van der Waals surface area (Å²) in [5.41, 5.74) is -0.467. The van der Waals surface area contributed by atoms with Gasteiger partial charge in [0.2, 0.25) is 15.9 Å². The highest BCUT2D eigenvalue weighted by molar-refractivity contribution is 7.89. The molecule has 0 atom stereocenters. The van der Waals surface area contributed by atoms with Gasteiger partial charge in [-0.15, -0.1) is 0 Å². The molecule has 6 nitrogen and oxygen atoms in total. The van der Waals surface area contributed by atoms with Gasteiger partial charge in [-0.3, -0.25) is 9.78 Å². The molecular formula is C18H18F3N3O3S. The minimum absolute atomic E-state index is 0.0592. The smallest absolute Gasteiger partial charge is 0.324 e. The number of nitrogens with zero attached hydrogens (tertiary/aromatic N) is 2. The highest BCUT2D eigenvalue weighted by Gasteiger charge is 2.35. The van der Waals surface area contributed by atoms with E-state index >= 15 is 0 Å². The van der Waals surface area contributed by atoms with E-state index in [0.717, 1.165) is 22.5 Å². The highest BCUT2D eigenvalue weighted by atomic mass is 32.2. The van der Waals surface area contributed by atoms with Crippen LogP contribution in [-0.4, -0.2) is 36.7 Å². The summed E-state index contributed by atoms with van der Waals surface area (Å²) in [5.74, 6) is -0.614. The molecule has 0 aliphatic carbocycles. The molecular weight excluding hydrogens is 395 g/mol. The number of carbonyl (C=O) groups is 1. The van der Waals surface area contributed by atoms with Gasteiger partial charge >= 0.3 is 6.18 Å². The van der Waals surface area contributed by atoms with Crippen molar-refractivity contribution >= 4 is 21.6 Å². The fourth-order valence-electron chi connectivity index (χ4n) is 3.02. The van der Waals surface area contributed by atoms with Crippen molar-refractivity contribution in [2.45, 2.75) is 23.9 Å². The Kier molecular flexibility index (Phi) is 5.71. The zero-order valence-corrected chi connectivity index (χ0v) is 15.5. The molecule has 0 bridgehead atoms. The summed E-state index contributed by atoms with van der Waals surface area (Å²) in [4.78, 5) is 15.8. The van der Waals surface area contributed by atoms with Crippen LogP contribution in [0.3, 0.4) is 0 Å². The molecule has 3 rings (SSSR count). The first-order chi connectivity index (χ1) is 13.2. The molecule has 2 aromatic rings. The Morgan fingerprint density at radius 2 is 1.86 bits per heavy atom. The molecule has 2 heterocycles. The van der Waals surface area contributed by atoms with Gasteiger partial charge in [-0.25, -0.2) is 8.42 Å². The number of rotatable bonds is 4. The number of hydrogen-bond acceptors (Lipinski definition) is 4. The van der Waals surface area contributed by atoms with Crippen molar-refractivity contribution < 1.29 is 26.4 Å². The molecule has 1 aromatic heterocycles. The first-order valence-corrected chi connectivity index (χ1v) is 10.0. The molecule has 0 saturated carbocycles. The zero-order valence-electron chi connectivity index (χ0n) is 14.7. The minimum Gasteiger partial charge on any atom is -0.324 e. The summed E-state index contributed by atoms with van der Waals surface area (Å²) in [6, 6.07) is 7.05. The standard InChI is InChI=1S/C18H18F3N3O3S/c19-18(20,21)14-3-1-5-16(11-14)28(26,27)24-9-6-13(7-10-24)17(25)23-15-4-2-8-22-12-15/h1-5,8,11-13H,6-7,9-10H2,(H,23,25). The fraction of sp³-hybridized carbons (Fsp3) is 0.333. The van der Waals surface area contributed by atoms with Crippen LogP contribution in [0, 0.1) is 5.92 Å². The van der Waals surface area contributed by atoms with Crippen LogP contribution in [-0.2, 0) is 21.0 Å². The van der Waals surface area contributed by atoms with Crippen molar-refractivity contribution in [1.29, 1.82) is 0 Å². The normalized spacial score (nSPS) is 16.7. The lowest BCUT2D eigenvalue weighted by Gasteiger charge is -2.30. The van der Waals surface area contributed by atoms with E-state index < -0.39 is 26.7 Å². The lowest BCUT2D eigenvalue weighted by atomic mass is 9.97. The largest absolute Gasteiger partial charge is 0.416 e. The first-order valence-electron chi connectivity index (χ1n) is 8.56. The van der Waals surface area contributed by atoms with Crippen LogP contribution in [0.2, 0.25) is 0 Å². The second-order valence-electron chi connectivity index (χ2n) is 6.43. The summed E-state index contributed by atoms with van der Waals surface area (Å²) in [5, 5.41) is 2.73. The van der Waals surface area contributed by atoms with Crippen molar-refractivity contribution in [2.75, 3.05) is 18.4 Å². The molecule has 1 aliphatic rings. The number of sulfonamides is 1. The van der Waals surface area contributed by atoms with E-state index in [2.05, 4.69) is 10.3 Å². The molecule has 1 aliphatic heterocycles. The predicted molar refractivity (Wildman–Crippen MR) is 95.8 cm³/mol. The molecule has 0 radical (unpaired) electrons. The molecule has 0 unspecified atom stereocenters. The summed E-state index contributed by atoms with van der Waals surface area (Å²) in [6.45, 7) is 0.118. The summed E-state index contributed by atoms with van der Waals surface area (Å²) in [7, 11) is -4.06. The number of piperidine rings is 1. The zero-order chi connectivity index (χ0) is 20.4. The monoisotopic (exact) mass is 413 g/mol. The Balaban J connectivity index is 1.66. The number of nitrogens with one attached hydrogen (secondary N) is 1. The summed E-state index contributed by atoms with van der Waals surface area (Å²) >= 11 is 0. The molecule has 0 spiro atoms. The Labute approximate surface area is 160 Å². The predicted octanol–water partition coefficient (Wildman–Crippen LogP) is 3.14. The van der Waals surface area contributed by atoms with Gasteiger partial charge in [0.05, 0.1) is 22.3 Å². The van der Waals surface area contributed by atoms with E-state index in [1.165, 1.54) is 6.20 Å². The van der Waals surface area contributed by atoms with Gasteiger partial charge in [0, 0.05) is 25.2 Å². The number of alkyl halides is 3. The highest BCUT2D eigenvalue weighted by Crippen LogP contribution is 2.32. The van der Waals surface area contributed by atoms with Gasteiger partial charge in [0.15, 0.2) is 0 Å². The maximum absolute atomic E-state index is 12.9. The molecule has 1 fully saturated rings. The fourth-order valence-corrected chi connectivity index (χ4v) is 4.54. The third-order valence-electron chi connectivity index (χ3n) is 4.55. The summed E-state index contributed by atoms with van der Waals surface area (Å²) < 4.78 is 65.1. The van der Waals surface area contributed by atoms with Crippen molar-refractivity contribution in [1.82, 2.24) is 9.29 Å². The van der Waals surface area contributed by atoms with E-state index in [9.17, 15) is 26.4 Å². The minimum atomic E-state index is -4.62. The second-order valence-corrected chi connectivity index (χ2v) is 8.37. The van der Waals surface area contributed by atoms with Crippen molar-refractivity contribution in [3.63, 3.8) is 0 Å². The molecule has 1 amide bonds.